The van der Waals surface area contributed by atoms with Crippen molar-refractivity contribution in [2.24, 2.45) is 0 Å². The lowest BCUT2D eigenvalue weighted by molar-refractivity contribution is -0.118. The Morgan fingerprint density at radius 3 is 2.64 bits per heavy atom. The molecule has 3 aromatic rings. The molecule has 0 bridgehead atoms. The van der Waals surface area contributed by atoms with Crippen LogP contribution >= 0.6 is 23.6 Å². The molecule has 3 N–H and O–H groups in total. The second kappa shape index (κ2) is 8.15. The van der Waals surface area contributed by atoms with Gasteiger partial charge in [0.15, 0.2) is 10.6 Å². The summed E-state index contributed by atoms with van der Waals surface area (Å²) < 4.78 is 39.3. The van der Waals surface area contributed by atoms with Gasteiger partial charge in [0.05, 0.1) is 16.3 Å². The number of rotatable bonds is 6. The van der Waals surface area contributed by atoms with Gasteiger partial charge in [0.1, 0.15) is 12.6 Å². The van der Waals surface area contributed by atoms with E-state index in [-0.39, 0.29) is 16.1 Å². The van der Waals surface area contributed by atoms with E-state index in [1.807, 2.05) is 17.5 Å². The van der Waals surface area contributed by atoms with Crippen molar-refractivity contribution in [3.05, 3.63) is 46.5 Å². The second-order valence-corrected chi connectivity index (χ2v) is 7.21. The van der Waals surface area contributed by atoms with Gasteiger partial charge in [0.25, 0.3) is 0 Å². The molecular weight excluding hydrogens is 411 g/mol. The molecule has 28 heavy (non-hydrogen) atoms. The van der Waals surface area contributed by atoms with E-state index in [1.54, 1.807) is 23.6 Å². The molecule has 0 aliphatic carbocycles. The van der Waals surface area contributed by atoms with Crippen LogP contribution < -0.4 is 10.6 Å². The molecule has 3 rings (SSSR count). The molecule has 1 aromatic carbocycles. The highest BCUT2D eigenvalue weighted by Gasteiger charge is 2.27. The van der Waals surface area contributed by atoms with E-state index in [1.165, 1.54) is 23.5 Å². The number of carbonyl (C=O) groups excluding carboxylic acids is 1. The zero-order chi connectivity index (χ0) is 20.3. The summed E-state index contributed by atoms with van der Waals surface area (Å²) in [6.07, 6.45) is -4.37. The number of para-hydroxylation sites is 2. The van der Waals surface area contributed by atoms with Crippen LogP contribution in [-0.4, -0.2) is 33.4 Å². The second-order valence-electron chi connectivity index (χ2n) is 5.88. The molecule has 0 aliphatic heterocycles. The van der Waals surface area contributed by atoms with Gasteiger partial charge in [-0.3, -0.25) is 14.5 Å². The van der Waals surface area contributed by atoms with Crippen LogP contribution in [0.25, 0.3) is 10.7 Å². The Kier molecular flexibility index (Phi) is 5.84. The van der Waals surface area contributed by atoms with Gasteiger partial charge < -0.3 is 10.6 Å². The highest BCUT2D eigenvalue weighted by molar-refractivity contribution is 7.71. The fraction of sp³-hybridized carbons (Fsp3) is 0.235. The lowest BCUT2D eigenvalue weighted by atomic mass is 10.2. The topological polar surface area (TPSA) is 74.7 Å². The number of amides is 1. The number of aromatic amines is 1. The summed E-state index contributed by atoms with van der Waals surface area (Å²) in [7, 11) is 0. The standard InChI is InChI=1S/C17H16F3N5OS2/c1-10(25-14(23-24-16(25)27)13-7-4-8-28-13)15(26)22-12-6-3-2-5-11(12)21-9-17(18,19)20/h2-8,10,21H,9H2,1H3,(H,22,26)(H,24,27). The molecule has 0 saturated carbocycles. The van der Waals surface area contributed by atoms with Crippen LogP contribution in [0.1, 0.15) is 13.0 Å². The molecule has 1 amide bonds. The van der Waals surface area contributed by atoms with Crippen molar-refractivity contribution in [2.45, 2.75) is 19.1 Å². The molecule has 148 valence electrons. The number of alkyl halides is 3. The van der Waals surface area contributed by atoms with Crippen LogP contribution in [0.5, 0.6) is 0 Å². The Morgan fingerprint density at radius 2 is 2.00 bits per heavy atom. The minimum atomic E-state index is -4.37. The quantitative estimate of drug-likeness (QED) is 0.492. The van der Waals surface area contributed by atoms with Crippen LogP contribution in [0, 0.1) is 4.77 Å². The molecule has 0 aliphatic rings. The van der Waals surface area contributed by atoms with Crippen LogP contribution in [0.4, 0.5) is 24.5 Å². The molecule has 2 aromatic heterocycles. The molecule has 0 spiro atoms. The number of nitrogens with one attached hydrogen (secondary N) is 3. The third kappa shape index (κ3) is 4.60. The smallest absolute Gasteiger partial charge is 0.375 e. The number of halogens is 3. The maximum Gasteiger partial charge on any atom is 0.405 e. The van der Waals surface area contributed by atoms with Crippen LogP contribution in [0.3, 0.4) is 0 Å². The van der Waals surface area contributed by atoms with Gasteiger partial charge in [-0.2, -0.15) is 18.3 Å². The molecule has 1 atom stereocenters. The predicted octanol–water partition coefficient (Wildman–Crippen LogP) is 4.84. The zero-order valence-electron chi connectivity index (χ0n) is 14.6. The van der Waals surface area contributed by atoms with Gasteiger partial charge in [0, 0.05) is 0 Å². The number of aromatic nitrogens is 3. The van der Waals surface area contributed by atoms with Gasteiger partial charge in [-0.15, -0.1) is 11.3 Å². The molecule has 0 radical (unpaired) electrons. The SMILES string of the molecule is CC(C(=O)Nc1ccccc1NCC(F)(F)F)n1c(-c2cccs2)n[nH]c1=S. The van der Waals surface area contributed by atoms with Crippen LogP contribution in [-0.2, 0) is 4.79 Å². The van der Waals surface area contributed by atoms with Crippen LogP contribution in [0.2, 0.25) is 0 Å². The zero-order valence-corrected chi connectivity index (χ0v) is 16.2. The first-order valence-corrected chi connectivity index (χ1v) is 9.46. The van der Waals surface area contributed by atoms with Crippen molar-refractivity contribution in [2.75, 3.05) is 17.2 Å². The number of thiophene rings is 1. The summed E-state index contributed by atoms with van der Waals surface area (Å²) in [6.45, 7) is 0.439. The summed E-state index contributed by atoms with van der Waals surface area (Å²) in [4.78, 5) is 13.6. The van der Waals surface area contributed by atoms with Gasteiger partial charge in [-0.25, -0.2) is 0 Å². The summed E-state index contributed by atoms with van der Waals surface area (Å²) in [5.74, 6) is 0.0858. The first kappa shape index (κ1) is 20.1. The van der Waals surface area contributed by atoms with Gasteiger partial charge in [-0.1, -0.05) is 18.2 Å². The number of hydrogen-bond acceptors (Lipinski definition) is 5. The number of benzene rings is 1. The van der Waals surface area contributed by atoms with E-state index < -0.39 is 24.7 Å². The number of H-pyrrole nitrogens is 1. The minimum Gasteiger partial charge on any atom is -0.375 e. The predicted molar refractivity (Wildman–Crippen MR) is 105 cm³/mol. The minimum absolute atomic E-state index is 0.176. The number of nitrogens with zero attached hydrogens (tertiary/aromatic N) is 2. The Hall–Kier alpha value is -2.66. The maximum absolute atomic E-state index is 12.8. The molecule has 6 nitrogen and oxygen atoms in total. The van der Waals surface area contributed by atoms with E-state index in [4.69, 9.17) is 12.2 Å². The Morgan fingerprint density at radius 1 is 1.29 bits per heavy atom. The Bertz CT molecular complexity index is 1010. The van der Waals surface area contributed by atoms with Crippen molar-refractivity contribution in [1.82, 2.24) is 14.8 Å². The van der Waals surface area contributed by atoms with Gasteiger partial charge in [-0.05, 0) is 42.7 Å². The van der Waals surface area contributed by atoms with E-state index >= 15 is 0 Å². The maximum atomic E-state index is 12.8. The van der Waals surface area contributed by atoms with Crippen molar-refractivity contribution >= 4 is 40.8 Å². The summed E-state index contributed by atoms with van der Waals surface area (Å²) in [5.41, 5.74) is 0.422. The molecule has 2 heterocycles. The third-order valence-corrected chi connectivity index (χ3v) is 5.03. The first-order valence-electron chi connectivity index (χ1n) is 8.17. The third-order valence-electron chi connectivity index (χ3n) is 3.88. The van der Waals surface area contributed by atoms with Crippen LogP contribution in [0.15, 0.2) is 41.8 Å². The highest BCUT2D eigenvalue weighted by Crippen LogP contribution is 2.28. The largest absolute Gasteiger partial charge is 0.405 e. The summed E-state index contributed by atoms with van der Waals surface area (Å²) >= 11 is 6.70. The van der Waals surface area contributed by atoms with Crippen molar-refractivity contribution in [1.29, 1.82) is 0 Å². The Labute approximate surface area is 167 Å². The summed E-state index contributed by atoms with van der Waals surface area (Å²) in [6, 6.07) is 9.17. The number of hydrogen-bond donors (Lipinski definition) is 3. The summed E-state index contributed by atoms with van der Waals surface area (Å²) in [5, 5.41) is 13.7. The van der Waals surface area contributed by atoms with E-state index in [0.717, 1.165) is 4.88 Å². The molecule has 0 saturated heterocycles. The number of anilines is 2. The fourth-order valence-electron chi connectivity index (χ4n) is 2.54. The number of carbonyl (C=O) groups is 1. The highest BCUT2D eigenvalue weighted by atomic mass is 32.1. The van der Waals surface area contributed by atoms with E-state index in [9.17, 15) is 18.0 Å². The average Bonchev–Trinajstić information content (AvgIpc) is 3.29. The fourth-order valence-corrected chi connectivity index (χ4v) is 3.54. The molecular formula is C17H16F3N5OS2. The van der Waals surface area contributed by atoms with Crippen molar-refractivity contribution < 1.29 is 18.0 Å². The van der Waals surface area contributed by atoms with E-state index in [0.29, 0.717) is 5.82 Å². The molecule has 1 unspecified atom stereocenters. The Balaban J connectivity index is 1.82. The van der Waals surface area contributed by atoms with E-state index in [2.05, 4.69) is 20.8 Å². The normalized spacial score (nSPS) is 12.6. The monoisotopic (exact) mass is 427 g/mol. The van der Waals surface area contributed by atoms with Gasteiger partial charge >= 0.3 is 6.18 Å². The molecule has 11 heteroatoms. The first-order chi connectivity index (χ1) is 13.3. The average molecular weight is 427 g/mol. The van der Waals surface area contributed by atoms with Crippen molar-refractivity contribution in [3.8, 4) is 10.7 Å². The van der Waals surface area contributed by atoms with Gasteiger partial charge in [0.2, 0.25) is 5.91 Å². The molecule has 0 fully saturated rings. The van der Waals surface area contributed by atoms with Crippen molar-refractivity contribution in [3.63, 3.8) is 0 Å². The lowest BCUT2D eigenvalue weighted by Crippen LogP contribution is -2.26. The lowest BCUT2D eigenvalue weighted by Gasteiger charge is -2.18.